The van der Waals surface area contributed by atoms with Gasteiger partial charge in [0.2, 0.25) is 0 Å². The van der Waals surface area contributed by atoms with Gasteiger partial charge in [0.1, 0.15) is 5.75 Å². The second-order valence-corrected chi connectivity index (χ2v) is 2.76. The third-order valence-electron chi connectivity index (χ3n) is 1.90. The Bertz CT molecular complexity index is 321. The van der Waals surface area contributed by atoms with E-state index in [2.05, 4.69) is 5.32 Å². The molecule has 0 aliphatic heterocycles. The first-order valence-electron chi connectivity index (χ1n) is 4.11. The number of para-hydroxylation sites is 1. The van der Waals surface area contributed by atoms with Gasteiger partial charge in [0, 0.05) is 18.3 Å². The zero-order valence-corrected chi connectivity index (χ0v) is 8.14. The Morgan fingerprint density at radius 2 is 2.15 bits per heavy atom. The van der Waals surface area contributed by atoms with Crippen LogP contribution in [0.3, 0.4) is 0 Å². The highest BCUT2D eigenvalue weighted by molar-refractivity contribution is 6.02. The molecule has 70 valence electrons. The molecule has 0 unspecified atom stereocenters. The topological polar surface area (TPSA) is 45.1 Å². The monoisotopic (exact) mass is 178 g/mol. The molecular weight excluding hydrogens is 164 g/mol. The van der Waals surface area contributed by atoms with Crippen LogP contribution >= 0.6 is 0 Å². The number of anilines is 1. The summed E-state index contributed by atoms with van der Waals surface area (Å²) in [5, 5.41) is 10.6. The maximum absolute atomic E-state index is 7.56. The largest absolute Gasteiger partial charge is 0.495 e. The number of hydrogen-bond donors (Lipinski definition) is 2. The van der Waals surface area contributed by atoms with Crippen LogP contribution in [0.4, 0.5) is 5.69 Å². The molecule has 1 aromatic carbocycles. The van der Waals surface area contributed by atoms with Crippen molar-refractivity contribution in [3.8, 4) is 5.75 Å². The van der Waals surface area contributed by atoms with Crippen molar-refractivity contribution in [1.29, 1.82) is 5.41 Å². The second kappa shape index (κ2) is 3.94. The highest BCUT2D eigenvalue weighted by Crippen LogP contribution is 2.27. The Morgan fingerprint density at radius 1 is 1.46 bits per heavy atom. The van der Waals surface area contributed by atoms with E-state index >= 15 is 0 Å². The number of methoxy groups -OCH3 is 1. The van der Waals surface area contributed by atoms with Gasteiger partial charge >= 0.3 is 0 Å². The fourth-order valence-electron chi connectivity index (χ4n) is 1.27. The number of rotatable bonds is 3. The molecule has 0 heterocycles. The lowest BCUT2D eigenvalue weighted by Gasteiger charge is -2.11. The predicted octanol–water partition coefficient (Wildman–Crippen LogP) is 2.12. The Hall–Kier alpha value is -1.51. The Labute approximate surface area is 78.2 Å². The van der Waals surface area contributed by atoms with E-state index < -0.39 is 0 Å². The van der Waals surface area contributed by atoms with Crippen molar-refractivity contribution in [2.24, 2.45) is 0 Å². The lowest BCUT2D eigenvalue weighted by molar-refractivity contribution is 0.416. The molecule has 0 saturated heterocycles. The average Bonchev–Trinajstić information content (AvgIpc) is 2.16. The third kappa shape index (κ3) is 1.80. The van der Waals surface area contributed by atoms with Gasteiger partial charge in [-0.15, -0.1) is 0 Å². The standard InChI is InChI=1S/C10H14N2O/c1-7(11)8-5-4-6-9(13-3)10(8)12-2/h4-6,11-12H,1-3H3. The van der Waals surface area contributed by atoms with Crippen molar-refractivity contribution in [1.82, 2.24) is 0 Å². The lowest BCUT2D eigenvalue weighted by atomic mass is 10.1. The first-order chi connectivity index (χ1) is 6.20. The van der Waals surface area contributed by atoms with E-state index in [0.29, 0.717) is 5.71 Å². The van der Waals surface area contributed by atoms with Crippen LogP contribution in [0.15, 0.2) is 18.2 Å². The van der Waals surface area contributed by atoms with E-state index in [1.165, 1.54) is 0 Å². The summed E-state index contributed by atoms with van der Waals surface area (Å²) in [4.78, 5) is 0. The molecular formula is C10H14N2O. The average molecular weight is 178 g/mol. The van der Waals surface area contributed by atoms with Gasteiger partial charge < -0.3 is 15.5 Å². The molecule has 1 aromatic rings. The van der Waals surface area contributed by atoms with E-state index in [4.69, 9.17) is 10.1 Å². The van der Waals surface area contributed by atoms with E-state index in [1.807, 2.05) is 25.2 Å². The Kier molecular flexibility index (Phi) is 2.90. The van der Waals surface area contributed by atoms with E-state index in [1.54, 1.807) is 14.0 Å². The molecule has 0 amide bonds. The Balaban J connectivity index is 3.27. The third-order valence-corrected chi connectivity index (χ3v) is 1.90. The summed E-state index contributed by atoms with van der Waals surface area (Å²) in [7, 11) is 3.45. The van der Waals surface area contributed by atoms with Gasteiger partial charge in [-0.25, -0.2) is 0 Å². The predicted molar refractivity (Wildman–Crippen MR) is 55.0 cm³/mol. The van der Waals surface area contributed by atoms with Crippen LogP contribution in [0.1, 0.15) is 12.5 Å². The summed E-state index contributed by atoms with van der Waals surface area (Å²) in [5.74, 6) is 0.770. The highest BCUT2D eigenvalue weighted by atomic mass is 16.5. The van der Waals surface area contributed by atoms with E-state index in [-0.39, 0.29) is 0 Å². The molecule has 0 radical (unpaired) electrons. The number of ether oxygens (including phenoxy) is 1. The fourth-order valence-corrected chi connectivity index (χ4v) is 1.27. The molecule has 2 N–H and O–H groups in total. The minimum atomic E-state index is 0.531. The van der Waals surface area contributed by atoms with Crippen LogP contribution < -0.4 is 10.1 Å². The smallest absolute Gasteiger partial charge is 0.142 e. The van der Waals surface area contributed by atoms with Gasteiger partial charge in [0.15, 0.2) is 0 Å². The highest BCUT2D eigenvalue weighted by Gasteiger charge is 2.07. The molecule has 0 bridgehead atoms. The molecule has 0 aromatic heterocycles. The molecule has 0 atom stereocenters. The maximum Gasteiger partial charge on any atom is 0.142 e. The number of nitrogens with one attached hydrogen (secondary N) is 2. The molecule has 1 rings (SSSR count). The van der Waals surface area contributed by atoms with Gasteiger partial charge in [-0.3, -0.25) is 0 Å². The van der Waals surface area contributed by atoms with Crippen molar-refractivity contribution in [3.63, 3.8) is 0 Å². The first kappa shape index (κ1) is 9.58. The molecule has 3 nitrogen and oxygen atoms in total. The van der Waals surface area contributed by atoms with Crippen LogP contribution in [0.2, 0.25) is 0 Å². The Morgan fingerprint density at radius 3 is 2.62 bits per heavy atom. The molecule has 13 heavy (non-hydrogen) atoms. The van der Waals surface area contributed by atoms with Crippen LogP contribution in [0.25, 0.3) is 0 Å². The molecule has 0 aliphatic carbocycles. The first-order valence-corrected chi connectivity index (χ1v) is 4.11. The molecule has 0 saturated carbocycles. The number of hydrogen-bond acceptors (Lipinski definition) is 3. The van der Waals surface area contributed by atoms with Crippen LogP contribution in [0, 0.1) is 5.41 Å². The van der Waals surface area contributed by atoms with Gasteiger partial charge in [0.05, 0.1) is 12.8 Å². The summed E-state index contributed by atoms with van der Waals surface area (Å²) >= 11 is 0. The quantitative estimate of drug-likeness (QED) is 0.696. The molecule has 0 aliphatic rings. The lowest BCUT2D eigenvalue weighted by Crippen LogP contribution is -2.02. The number of benzene rings is 1. The van der Waals surface area contributed by atoms with Gasteiger partial charge in [0.25, 0.3) is 0 Å². The van der Waals surface area contributed by atoms with Crippen LogP contribution in [0.5, 0.6) is 5.75 Å². The van der Waals surface area contributed by atoms with Crippen molar-refractivity contribution in [2.75, 3.05) is 19.5 Å². The zero-order valence-electron chi connectivity index (χ0n) is 8.14. The van der Waals surface area contributed by atoms with E-state index in [9.17, 15) is 0 Å². The van der Waals surface area contributed by atoms with Gasteiger partial charge in [-0.05, 0) is 13.0 Å². The SMILES string of the molecule is CNc1c(OC)cccc1C(C)=N. The molecule has 3 heteroatoms. The van der Waals surface area contributed by atoms with Crippen molar-refractivity contribution in [3.05, 3.63) is 23.8 Å². The maximum atomic E-state index is 7.56. The minimum Gasteiger partial charge on any atom is -0.495 e. The summed E-state index contributed by atoms with van der Waals surface area (Å²) in [6, 6.07) is 5.65. The van der Waals surface area contributed by atoms with Crippen LogP contribution in [-0.2, 0) is 0 Å². The summed E-state index contributed by atoms with van der Waals surface area (Å²) in [5.41, 5.74) is 2.28. The molecule has 0 fully saturated rings. The zero-order chi connectivity index (χ0) is 9.84. The minimum absolute atomic E-state index is 0.531. The van der Waals surface area contributed by atoms with Gasteiger partial charge in [-0.1, -0.05) is 12.1 Å². The second-order valence-electron chi connectivity index (χ2n) is 2.76. The summed E-state index contributed by atoms with van der Waals surface area (Å²) in [6.45, 7) is 1.76. The van der Waals surface area contributed by atoms with Crippen LogP contribution in [-0.4, -0.2) is 19.9 Å². The normalized spacial score (nSPS) is 9.46. The van der Waals surface area contributed by atoms with Crippen molar-refractivity contribution in [2.45, 2.75) is 6.92 Å². The molecule has 0 spiro atoms. The van der Waals surface area contributed by atoms with Gasteiger partial charge in [-0.2, -0.15) is 0 Å². The van der Waals surface area contributed by atoms with E-state index in [0.717, 1.165) is 17.0 Å². The fraction of sp³-hybridized carbons (Fsp3) is 0.300. The summed E-state index contributed by atoms with van der Waals surface area (Å²) in [6.07, 6.45) is 0. The summed E-state index contributed by atoms with van der Waals surface area (Å²) < 4.78 is 5.17. The van der Waals surface area contributed by atoms with Crippen molar-refractivity contribution < 1.29 is 4.74 Å². The van der Waals surface area contributed by atoms with Crippen molar-refractivity contribution >= 4 is 11.4 Å².